The minimum Gasteiger partial charge on any atom is -1.00 e. The van der Waals surface area contributed by atoms with Gasteiger partial charge in [-0.05, 0) is 6.92 Å². The van der Waals surface area contributed by atoms with Crippen LogP contribution in [0.1, 0.15) is 12.5 Å². The van der Waals surface area contributed by atoms with E-state index < -0.39 is 0 Å². The van der Waals surface area contributed by atoms with Gasteiger partial charge in [0.1, 0.15) is 19.7 Å². The van der Waals surface area contributed by atoms with E-state index in [4.69, 9.17) is 4.74 Å². The van der Waals surface area contributed by atoms with Crippen LogP contribution in [0, 0.1) is 0 Å². The second-order valence-electron chi connectivity index (χ2n) is 5.22. The zero-order valence-electron chi connectivity index (χ0n) is 11.9. The molecule has 1 aromatic carbocycles. The summed E-state index contributed by atoms with van der Waals surface area (Å²) in [6, 6.07) is 10.3. The van der Waals surface area contributed by atoms with E-state index in [-0.39, 0.29) is 23.0 Å². The van der Waals surface area contributed by atoms with Crippen LogP contribution in [0.5, 0.6) is 0 Å². The Bertz CT molecular complexity index is 415. The second-order valence-corrected chi connectivity index (χ2v) is 5.22. The highest BCUT2D eigenvalue weighted by atomic mass is 79.9. The summed E-state index contributed by atoms with van der Waals surface area (Å²) in [6.07, 6.45) is 0. The number of nitrogens with zero attached hydrogens (tertiary/aromatic N) is 1. The Morgan fingerprint density at radius 2 is 1.84 bits per heavy atom. The Labute approximate surface area is 126 Å². The summed E-state index contributed by atoms with van der Waals surface area (Å²) in [5, 5.41) is 0. The predicted octanol–water partition coefficient (Wildman–Crippen LogP) is -0.614. The summed E-state index contributed by atoms with van der Waals surface area (Å²) in [5.41, 5.74) is 1.73. The average Bonchev–Trinajstić information content (AvgIpc) is 2.29. The quantitative estimate of drug-likeness (QED) is 0.396. The molecular weight excluding hydrogens is 306 g/mol. The standard InChI is InChI=1S/C15H22NO2.BrH/c1-13(2)15(17)18-11-10-16(3,4)12-14-8-6-5-7-9-14;/h5-9H,1,10-12H2,2-4H3;1H/q+1;/p-1. The van der Waals surface area contributed by atoms with Crippen LogP contribution >= 0.6 is 0 Å². The number of ether oxygens (including phenoxy) is 1. The topological polar surface area (TPSA) is 26.3 Å². The zero-order chi connectivity index (χ0) is 13.6. The summed E-state index contributed by atoms with van der Waals surface area (Å²) in [5.74, 6) is -0.310. The van der Waals surface area contributed by atoms with Crippen molar-refractivity contribution >= 4 is 5.97 Å². The summed E-state index contributed by atoms with van der Waals surface area (Å²) in [6.45, 7) is 7.35. The first-order valence-electron chi connectivity index (χ1n) is 6.09. The fraction of sp³-hybridized carbons (Fsp3) is 0.400. The molecule has 1 aromatic rings. The molecule has 0 amide bonds. The molecule has 1 rings (SSSR count). The molecule has 0 saturated heterocycles. The van der Waals surface area contributed by atoms with Crippen molar-refractivity contribution < 1.29 is 31.0 Å². The first-order valence-corrected chi connectivity index (χ1v) is 6.09. The van der Waals surface area contributed by atoms with Gasteiger partial charge in [0.25, 0.3) is 0 Å². The maximum atomic E-state index is 11.3. The number of carbonyl (C=O) groups excluding carboxylic acids is 1. The number of hydrogen-bond acceptors (Lipinski definition) is 2. The van der Waals surface area contributed by atoms with Crippen molar-refractivity contribution in [2.75, 3.05) is 27.2 Å². The van der Waals surface area contributed by atoms with Gasteiger partial charge in [0.05, 0.1) is 14.1 Å². The van der Waals surface area contributed by atoms with E-state index in [2.05, 4.69) is 32.8 Å². The van der Waals surface area contributed by atoms with E-state index in [1.165, 1.54) is 5.56 Å². The summed E-state index contributed by atoms with van der Waals surface area (Å²) in [4.78, 5) is 11.3. The number of carbonyl (C=O) groups is 1. The number of benzene rings is 1. The monoisotopic (exact) mass is 327 g/mol. The molecule has 106 valence electrons. The molecule has 0 N–H and O–H groups in total. The van der Waals surface area contributed by atoms with Crippen molar-refractivity contribution in [2.45, 2.75) is 13.5 Å². The van der Waals surface area contributed by atoms with Gasteiger partial charge < -0.3 is 26.2 Å². The van der Waals surface area contributed by atoms with Gasteiger partial charge in [0.15, 0.2) is 0 Å². The molecule has 4 heteroatoms. The molecule has 0 radical (unpaired) electrons. The van der Waals surface area contributed by atoms with Crippen LogP contribution in [0.4, 0.5) is 0 Å². The highest BCUT2D eigenvalue weighted by Gasteiger charge is 2.16. The molecule has 0 atom stereocenters. The van der Waals surface area contributed by atoms with Gasteiger partial charge in [-0.1, -0.05) is 36.9 Å². The summed E-state index contributed by atoms with van der Waals surface area (Å²) < 4.78 is 5.91. The minimum atomic E-state index is -0.310. The van der Waals surface area contributed by atoms with E-state index in [1.807, 2.05) is 18.2 Å². The van der Waals surface area contributed by atoms with Crippen molar-refractivity contribution in [3.05, 3.63) is 48.0 Å². The molecule has 0 aliphatic carbocycles. The third kappa shape index (κ3) is 7.13. The second kappa shape index (κ2) is 8.12. The predicted molar refractivity (Wildman–Crippen MR) is 72.9 cm³/mol. The maximum absolute atomic E-state index is 11.3. The number of rotatable bonds is 6. The molecule has 0 bridgehead atoms. The average molecular weight is 328 g/mol. The molecule has 3 nitrogen and oxygen atoms in total. The summed E-state index contributed by atoms with van der Waals surface area (Å²) >= 11 is 0. The van der Waals surface area contributed by atoms with Crippen molar-refractivity contribution in [3.63, 3.8) is 0 Å². The molecule has 0 fully saturated rings. The fourth-order valence-electron chi connectivity index (χ4n) is 1.67. The molecule has 19 heavy (non-hydrogen) atoms. The van der Waals surface area contributed by atoms with Crippen molar-refractivity contribution in [1.29, 1.82) is 0 Å². The first kappa shape index (κ1) is 17.9. The minimum absolute atomic E-state index is 0. The SMILES string of the molecule is C=C(C)C(=O)OCC[N+](C)(C)Cc1ccccc1.[Br-]. The van der Waals surface area contributed by atoms with Crippen LogP contribution in [-0.2, 0) is 16.1 Å². The van der Waals surface area contributed by atoms with E-state index in [9.17, 15) is 4.79 Å². The van der Waals surface area contributed by atoms with Gasteiger partial charge in [-0.15, -0.1) is 0 Å². The lowest BCUT2D eigenvalue weighted by Gasteiger charge is -2.29. The fourth-order valence-corrected chi connectivity index (χ4v) is 1.67. The van der Waals surface area contributed by atoms with E-state index >= 15 is 0 Å². The number of quaternary nitrogens is 1. The molecular formula is C15H22BrNO2. The number of esters is 1. The maximum Gasteiger partial charge on any atom is 0.333 e. The Kier molecular flexibility index (Phi) is 7.64. The number of likely N-dealkylation sites (N-methyl/N-ethyl adjacent to an activating group) is 1. The normalized spacial score (nSPS) is 10.5. The molecule has 0 aliphatic heterocycles. The number of hydrogen-bond donors (Lipinski definition) is 0. The number of halogens is 1. The van der Waals surface area contributed by atoms with Crippen molar-refractivity contribution in [2.24, 2.45) is 0 Å². The Morgan fingerprint density at radius 3 is 2.37 bits per heavy atom. The lowest BCUT2D eigenvalue weighted by Crippen LogP contribution is -3.00. The van der Waals surface area contributed by atoms with Gasteiger partial charge in [0, 0.05) is 11.1 Å². The van der Waals surface area contributed by atoms with Crippen LogP contribution in [0.3, 0.4) is 0 Å². The molecule has 0 aromatic heterocycles. The van der Waals surface area contributed by atoms with Crippen LogP contribution in [0.25, 0.3) is 0 Å². The van der Waals surface area contributed by atoms with E-state index in [0.717, 1.165) is 17.6 Å². The van der Waals surface area contributed by atoms with Crippen molar-refractivity contribution in [1.82, 2.24) is 0 Å². The molecule has 0 heterocycles. The zero-order valence-corrected chi connectivity index (χ0v) is 13.4. The van der Waals surface area contributed by atoms with E-state index in [1.54, 1.807) is 6.92 Å². The van der Waals surface area contributed by atoms with Gasteiger partial charge in [-0.2, -0.15) is 0 Å². The molecule has 0 saturated carbocycles. The van der Waals surface area contributed by atoms with E-state index in [0.29, 0.717) is 12.2 Å². The van der Waals surface area contributed by atoms with Gasteiger partial charge >= 0.3 is 5.97 Å². The van der Waals surface area contributed by atoms with Crippen molar-refractivity contribution in [3.8, 4) is 0 Å². The third-order valence-electron chi connectivity index (χ3n) is 2.73. The Morgan fingerprint density at radius 1 is 1.26 bits per heavy atom. The highest BCUT2D eigenvalue weighted by molar-refractivity contribution is 5.86. The van der Waals surface area contributed by atoms with Gasteiger partial charge in [-0.3, -0.25) is 0 Å². The lowest BCUT2D eigenvalue weighted by molar-refractivity contribution is -0.903. The largest absolute Gasteiger partial charge is 1.00 e. The summed E-state index contributed by atoms with van der Waals surface area (Å²) in [7, 11) is 4.25. The molecule has 0 aliphatic rings. The first-order chi connectivity index (χ1) is 8.41. The highest BCUT2D eigenvalue weighted by Crippen LogP contribution is 2.08. The molecule has 0 spiro atoms. The third-order valence-corrected chi connectivity index (χ3v) is 2.73. The van der Waals surface area contributed by atoms with Gasteiger partial charge in [-0.25, -0.2) is 4.79 Å². The van der Waals surface area contributed by atoms with Gasteiger partial charge in [0.2, 0.25) is 0 Å². The van der Waals surface area contributed by atoms with Crippen LogP contribution in [0.15, 0.2) is 42.5 Å². The van der Waals surface area contributed by atoms with Crippen LogP contribution in [0.2, 0.25) is 0 Å². The Balaban J connectivity index is 0.00000324. The van der Waals surface area contributed by atoms with Crippen LogP contribution < -0.4 is 17.0 Å². The smallest absolute Gasteiger partial charge is 0.333 e. The lowest BCUT2D eigenvalue weighted by atomic mass is 10.2. The molecule has 0 unspecified atom stereocenters. The Hall–Kier alpha value is -1.13. The van der Waals surface area contributed by atoms with Crippen LogP contribution in [-0.4, -0.2) is 37.7 Å².